The molecule has 0 aliphatic carbocycles. The number of rotatable bonds is 0. The van der Waals surface area contributed by atoms with Crippen LogP contribution in [0.25, 0.3) is 0 Å². The molecule has 1 aliphatic rings. The second-order valence-corrected chi connectivity index (χ2v) is 5.77. The number of likely N-dealkylation sites (tertiary alicyclic amines) is 1. The quantitative estimate of drug-likeness (QED) is 0.671. The maximum atomic E-state index is 10.9. The Morgan fingerprint density at radius 2 is 2.08 bits per heavy atom. The SMILES string of the molecule is CC(C)(C)C1C(Br)CCN1C(=O)O. The first-order valence-electron chi connectivity index (χ1n) is 4.47. The highest BCUT2D eigenvalue weighted by molar-refractivity contribution is 9.09. The lowest BCUT2D eigenvalue weighted by atomic mass is 9.85. The number of hydrogen-bond acceptors (Lipinski definition) is 1. The van der Waals surface area contributed by atoms with E-state index in [9.17, 15) is 4.79 Å². The van der Waals surface area contributed by atoms with Crippen molar-refractivity contribution in [2.75, 3.05) is 6.54 Å². The zero-order valence-electron chi connectivity index (χ0n) is 8.25. The predicted octanol–water partition coefficient (Wildman–Crippen LogP) is 2.55. The van der Waals surface area contributed by atoms with Gasteiger partial charge < -0.3 is 10.0 Å². The summed E-state index contributed by atoms with van der Waals surface area (Å²) in [6.45, 7) is 6.88. The van der Waals surface area contributed by atoms with Gasteiger partial charge in [-0.2, -0.15) is 0 Å². The largest absolute Gasteiger partial charge is 0.465 e. The lowest BCUT2D eigenvalue weighted by Crippen LogP contribution is -2.45. The molecule has 0 saturated carbocycles. The van der Waals surface area contributed by atoms with Crippen LogP contribution in [0.2, 0.25) is 0 Å². The minimum atomic E-state index is -0.804. The van der Waals surface area contributed by atoms with Crippen molar-refractivity contribution >= 4 is 22.0 Å². The van der Waals surface area contributed by atoms with Crippen molar-refractivity contribution in [2.24, 2.45) is 5.41 Å². The standard InChI is InChI=1S/C9H16BrNO2/c1-9(2,3)7-6(10)4-5-11(7)8(12)13/h6-7H,4-5H2,1-3H3,(H,12,13). The summed E-state index contributed by atoms with van der Waals surface area (Å²) >= 11 is 3.54. The van der Waals surface area contributed by atoms with Gasteiger partial charge in [-0.05, 0) is 11.8 Å². The van der Waals surface area contributed by atoms with Gasteiger partial charge in [0.05, 0.1) is 6.04 Å². The second kappa shape index (κ2) is 3.48. The molecule has 1 rings (SSSR count). The van der Waals surface area contributed by atoms with Crippen molar-refractivity contribution in [3.8, 4) is 0 Å². The molecule has 0 aromatic rings. The first-order chi connectivity index (χ1) is 5.84. The lowest BCUT2D eigenvalue weighted by Gasteiger charge is -2.35. The van der Waals surface area contributed by atoms with E-state index in [0.29, 0.717) is 11.4 Å². The summed E-state index contributed by atoms with van der Waals surface area (Å²) < 4.78 is 0. The number of nitrogens with zero attached hydrogens (tertiary/aromatic N) is 1. The molecule has 4 heteroatoms. The van der Waals surface area contributed by atoms with Crippen LogP contribution in [0.5, 0.6) is 0 Å². The van der Waals surface area contributed by atoms with Crippen LogP contribution in [0.1, 0.15) is 27.2 Å². The van der Waals surface area contributed by atoms with E-state index in [-0.39, 0.29) is 11.5 Å². The van der Waals surface area contributed by atoms with Crippen LogP contribution in [0.15, 0.2) is 0 Å². The Kier molecular flexibility index (Phi) is 2.90. The Labute approximate surface area is 87.2 Å². The molecule has 3 nitrogen and oxygen atoms in total. The molecular formula is C9H16BrNO2. The van der Waals surface area contributed by atoms with Crippen molar-refractivity contribution in [2.45, 2.75) is 38.1 Å². The molecule has 2 atom stereocenters. The smallest absolute Gasteiger partial charge is 0.407 e. The van der Waals surface area contributed by atoms with Gasteiger partial charge in [0.25, 0.3) is 0 Å². The van der Waals surface area contributed by atoms with E-state index in [4.69, 9.17) is 5.11 Å². The minimum Gasteiger partial charge on any atom is -0.465 e. The normalized spacial score (nSPS) is 29.4. The van der Waals surface area contributed by atoms with E-state index >= 15 is 0 Å². The van der Waals surface area contributed by atoms with E-state index in [0.717, 1.165) is 6.42 Å². The summed E-state index contributed by atoms with van der Waals surface area (Å²) in [6, 6.07) is 0.0880. The zero-order chi connectivity index (χ0) is 10.2. The lowest BCUT2D eigenvalue weighted by molar-refractivity contribution is 0.108. The molecule has 1 aliphatic heterocycles. The van der Waals surface area contributed by atoms with Crippen LogP contribution in [0, 0.1) is 5.41 Å². The number of amides is 1. The van der Waals surface area contributed by atoms with Crippen LogP contribution in [0.3, 0.4) is 0 Å². The molecule has 13 heavy (non-hydrogen) atoms. The Morgan fingerprint density at radius 1 is 1.54 bits per heavy atom. The molecule has 1 heterocycles. The van der Waals surface area contributed by atoms with Crippen molar-refractivity contribution in [1.82, 2.24) is 4.90 Å². The molecule has 0 radical (unpaired) electrons. The van der Waals surface area contributed by atoms with Crippen LogP contribution >= 0.6 is 15.9 Å². The zero-order valence-corrected chi connectivity index (χ0v) is 9.84. The highest BCUT2D eigenvalue weighted by Crippen LogP contribution is 2.36. The molecule has 0 bridgehead atoms. The molecule has 0 aromatic carbocycles. The number of halogens is 1. The number of alkyl halides is 1. The Bertz CT molecular complexity index is 212. The summed E-state index contributed by atoms with van der Waals surface area (Å²) in [6.07, 6.45) is 0.107. The van der Waals surface area contributed by atoms with Crippen molar-refractivity contribution in [3.05, 3.63) is 0 Å². The number of carbonyl (C=O) groups is 1. The van der Waals surface area contributed by atoms with Crippen molar-refractivity contribution in [1.29, 1.82) is 0 Å². The second-order valence-electron chi connectivity index (χ2n) is 4.59. The van der Waals surface area contributed by atoms with Gasteiger partial charge in [-0.15, -0.1) is 0 Å². The van der Waals surface area contributed by atoms with E-state index < -0.39 is 6.09 Å². The maximum absolute atomic E-state index is 10.9. The average molecular weight is 250 g/mol. The van der Waals surface area contributed by atoms with Gasteiger partial charge in [0, 0.05) is 11.4 Å². The molecule has 1 fully saturated rings. The fourth-order valence-electron chi connectivity index (χ4n) is 1.98. The molecule has 0 spiro atoms. The third kappa shape index (κ3) is 2.16. The van der Waals surface area contributed by atoms with E-state index in [1.54, 1.807) is 4.90 Å². The Morgan fingerprint density at radius 3 is 2.38 bits per heavy atom. The predicted molar refractivity (Wildman–Crippen MR) is 55.3 cm³/mol. The average Bonchev–Trinajstić information content (AvgIpc) is 2.28. The van der Waals surface area contributed by atoms with Crippen LogP contribution in [-0.4, -0.2) is 33.5 Å². The van der Waals surface area contributed by atoms with Crippen molar-refractivity contribution < 1.29 is 9.90 Å². The van der Waals surface area contributed by atoms with Gasteiger partial charge in [-0.25, -0.2) is 4.79 Å². The first kappa shape index (κ1) is 10.8. The van der Waals surface area contributed by atoms with E-state index in [1.807, 2.05) is 0 Å². The van der Waals surface area contributed by atoms with Crippen LogP contribution < -0.4 is 0 Å². The summed E-state index contributed by atoms with van der Waals surface area (Å²) in [5.41, 5.74) is 0.00303. The van der Waals surface area contributed by atoms with Crippen LogP contribution in [-0.2, 0) is 0 Å². The van der Waals surface area contributed by atoms with E-state index in [1.165, 1.54) is 0 Å². The van der Waals surface area contributed by atoms with Crippen LogP contribution in [0.4, 0.5) is 4.79 Å². The van der Waals surface area contributed by atoms with Gasteiger partial charge in [0.1, 0.15) is 0 Å². The summed E-state index contributed by atoms with van der Waals surface area (Å²) in [5, 5.41) is 8.97. The number of carboxylic acid groups (broad SMARTS) is 1. The van der Waals surface area contributed by atoms with Gasteiger partial charge >= 0.3 is 6.09 Å². The topological polar surface area (TPSA) is 40.5 Å². The minimum absolute atomic E-state index is 0.00303. The molecule has 1 amide bonds. The molecule has 1 N–H and O–H groups in total. The van der Waals surface area contributed by atoms with Gasteiger partial charge in [0.2, 0.25) is 0 Å². The van der Waals surface area contributed by atoms with Gasteiger partial charge in [0.15, 0.2) is 0 Å². The van der Waals surface area contributed by atoms with Crippen molar-refractivity contribution in [3.63, 3.8) is 0 Å². The van der Waals surface area contributed by atoms with E-state index in [2.05, 4.69) is 36.7 Å². The monoisotopic (exact) mass is 249 g/mol. The third-order valence-electron chi connectivity index (χ3n) is 2.46. The molecule has 0 aromatic heterocycles. The third-order valence-corrected chi connectivity index (χ3v) is 3.42. The fraction of sp³-hybridized carbons (Fsp3) is 0.889. The van der Waals surface area contributed by atoms with Gasteiger partial charge in [-0.1, -0.05) is 36.7 Å². The highest BCUT2D eigenvalue weighted by Gasteiger charge is 2.42. The summed E-state index contributed by atoms with van der Waals surface area (Å²) in [7, 11) is 0. The first-order valence-corrected chi connectivity index (χ1v) is 5.39. The maximum Gasteiger partial charge on any atom is 0.407 e. The Balaban J connectivity index is 2.83. The molecular weight excluding hydrogens is 234 g/mol. The highest BCUT2D eigenvalue weighted by atomic mass is 79.9. The number of hydrogen-bond donors (Lipinski definition) is 1. The Hall–Kier alpha value is -0.250. The molecule has 1 saturated heterocycles. The van der Waals surface area contributed by atoms with Gasteiger partial charge in [-0.3, -0.25) is 0 Å². The molecule has 76 valence electrons. The molecule has 2 unspecified atom stereocenters. The summed E-state index contributed by atoms with van der Waals surface area (Å²) in [4.78, 5) is 12.7. The summed E-state index contributed by atoms with van der Waals surface area (Å²) in [5.74, 6) is 0. The fourth-order valence-corrected chi connectivity index (χ4v) is 3.26.